The summed E-state index contributed by atoms with van der Waals surface area (Å²) in [6, 6.07) is 34.7. The fourth-order valence-corrected chi connectivity index (χ4v) is 5.75. The van der Waals surface area contributed by atoms with Gasteiger partial charge < -0.3 is 9.32 Å². The van der Waals surface area contributed by atoms with Gasteiger partial charge in [-0.05, 0) is 59.3 Å². The highest BCUT2D eigenvalue weighted by molar-refractivity contribution is 6.15. The summed E-state index contributed by atoms with van der Waals surface area (Å²) in [7, 11) is 2.07. The molecule has 8 rings (SSSR count). The quantitative estimate of drug-likeness (QED) is 0.207. The molecule has 0 saturated carbocycles. The van der Waals surface area contributed by atoms with Gasteiger partial charge in [-0.3, -0.25) is 4.98 Å². The predicted molar refractivity (Wildman–Crippen MR) is 176 cm³/mol. The first kappa shape index (κ1) is 25.8. The lowest BCUT2D eigenvalue weighted by Gasteiger charge is -2.18. The molecule has 0 fully saturated rings. The van der Waals surface area contributed by atoms with Crippen LogP contribution >= 0.6 is 0 Å². The lowest BCUT2D eigenvalue weighted by molar-refractivity contribution is 0.506. The van der Waals surface area contributed by atoms with Gasteiger partial charge in [-0.1, -0.05) is 78.9 Å². The van der Waals surface area contributed by atoms with E-state index in [-0.39, 0.29) is 0 Å². The van der Waals surface area contributed by atoms with Gasteiger partial charge in [-0.15, -0.1) is 0 Å². The largest absolute Gasteiger partial charge is 0.455 e. The second-order valence-corrected chi connectivity index (χ2v) is 10.9. The Morgan fingerprint density at radius 2 is 1.32 bits per heavy atom. The van der Waals surface area contributed by atoms with Crippen LogP contribution in [0, 0.1) is 0 Å². The minimum atomic E-state index is 0.597. The molecule has 44 heavy (non-hydrogen) atoms. The molecule has 1 aliphatic heterocycles. The third kappa shape index (κ3) is 4.63. The van der Waals surface area contributed by atoms with Crippen LogP contribution in [-0.2, 0) is 0 Å². The van der Waals surface area contributed by atoms with Crippen molar-refractivity contribution >= 4 is 27.5 Å². The maximum Gasteiger partial charge on any atom is 0.164 e. The lowest BCUT2D eigenvalue weighted by atomic mass is 9.94. The Labute approximate surface area is 254 Å². The van der Waals surface area contributed by atoms with Crippen molar-refractivity contribution in [1.82, 2.24) is 24.8 Å². The SMILES string of the molecule is CN1C=CC(c2cc(-c3ccncc3)cc3c2oc2cccc(-c4nc(-c5ccccc5)nc(-c5ccccc5)n4)c23)=CC1. The van der Waals surface area contributed by atoms with Crippen LogP contribution in [0.4, 0.5) is 0 Å². The van der Waals surface area contributed by atoms with Crippen molar-refractivity contribution in [2.45, 2.75) is 0 Å². The smallest absolute Gasteiger partial charge is 0.164 e. The van der Waals surface area contributed by atoms with Gasteiger partial charge in [0, 0.05) is 59.0 Å². The number of pyridine rings is 1. The summed E-state index contributed by atoms with van der Waals surface area (Å²) in [6.45, 7) is 0.827. The van der Waals surface area contributed by atoms with Crippen molar-refractivity contribution in [2.24, 2.45) is 0 Å². The molecule has 0 radical (unpaired) electrons. The minimum absolute atomic E-state index is 0.597. The van der Waals surface area contributed by atoms with Crippen molar-refractivity contribution < 1.29 is 4.42 Å². The van der Waals surface area contributed by atoms with Gasteiger partial charge in [-0.2, -0.15) is 0 Å². The molecule has 6 nitrogen and oxygen atoms in total. The molecule has 0 aliphatic carbocycles. The molecular formula is C38H27N5O. The second-order valence-electron chi connectivity index (χ2n) is 10.9. The summed E-state index contributed by atoms with van der Waals surface area (Å²) in [5.74, 6) is 1.85. The van der Waals surface area contributed by atoms with Gasteiger partial charge in [0.2, 0.25) is 0 Å². The number of likely N-dealkylation sites (N-methyl/N-ethyl adjacent to an activating group) is 1. The van der Waals surface area contributed by atoms with Crippen molar-refractivity contribution in [3.05, 3.63) is 139 Å². The molecule has 7 aromatic rings. The number of nitrogens with zero attached hydrogens (tertiary/aromatic N) is 5. The second kappa shape index (κ2) is 10.7. The first-order valence-corrected chi connectivity index (χ1v) is 14.6. The normalized spacial score (nSPS) is 13.0. The molecule has 0 atom stereocenters. The molecule has 0 bridgehead atoms. The van der Waals surface area contributed by atoms with Gasteiger partial charge in [0.25, 0.3) is 0 Å². The van der Waals surface area contributed by atoms with Crippen molar-refractivity contribution in [3.8, 4) is 45.3 Å². The van der Waals surface area contributed by atoms with E-state index in [2.05, 4.69) is 53.5 Å². The molecule has 4 aromatic carbocycles. The fourth-order valence-electron chi connectivity index (χ4n) is 5.75. The number of rotatable bonds is 5. The van der Waals surface area contributed by atoms with E-state index in [1.54, 1.807) is 0 Å². The summed E-state index contributed by atoms with van der Waals surface area (Å²) in [5, 5.41) is 1.98. The fraction of sp³-hybridized carbons (Fsp3) is 0.0526. The van der Waals surface area contributed by atoms with E-state index >= 15 is 0 Å². The van der Waals surface area contributed by atoms with E-state index in [4.69, 9.17) is 19.4 Å². The molecule has 210 valence electrons. The van der Waals surface area contributed by atoms with E-state index in [0.717, 1.165) is 67.4 Å². The molecule has 4 heterocycles. The molecule has 0 spiro atoms. The average Bonchev–Trinajstić information content (AvgIpc) is 3.48. The molecule has 1 aliphatic rings. The maximum atomic E-state index is 6.67. The lowest BCUT2D eigenvalue weighted by Crippen LogP contribution is -2.13. The van der Waals surface area contributed by atoms with Crippen LogP contribution in [0.1, 0.15) is 5.56 Å². The third-order valence-corrected chi connectivity index (χ3v) is 7.97. The summed E-state index contributed by atoms with van der Waals surface area (Å²) in [6.07, 6.45) is 10.1. The van der Waals surface area contributed by atoms with Crippen LogP contribution in [0.25, 0.3) is 72.8 Å². The van der Waals surface area contributed by atoms with Gasteiger partial charge in [0.15, 0.2) is 17.5 Å². The number of hydrogen-bond donors (Lipinski definition) is 0. The predicted octanol–water partition coefficient (Wildman–Crippen LogP) is 8.68. The number of aromatic nitrogens is 4. The van der Waals surface area contributed by atoms with Crippen molar-refractivity contribution in [3.63, 3.8) is 0 Å². The average molecular weight is 570 g/mol. The number of furan rings is 1. The van der Waals surface area contributed by atoms with E-state index in [9.17, 15) is 0 Å². The molecule has 0 unspecified atom stereocenters. The summed E-state index contributed by atoms with van der Waals surface area (Å²) >= 11 is 0. The zero-order valence-electron chi connectivity index (χ0n) is 24.1. The standard InChI is InChI=1S/C38H27N5O/c1-43-21-17-26(18-22-43)31-23-29(25-15-19-39-20-16-25)24-32-34-30(13-8-14-33(34)44-35(31)32)38-41-36(27-9-4-2-5-10-27)40-37(42-38)28-11-6-3-7-12-28/h2-21,23-24H,22H2,1H3. The third-order valence-electron chi connectivity index (χ3n) is 7.97. The summed E-state index contributed by atoms with van der Waals surface area (Å²) in [5.41, 5.74) is 8.73. The van der Waals surface area contributed by atoms with Gasteiger partial charge in [-0.25, -0.2) is 15.0 Å². The summed E-state index contributed by atoms with van der Waals surface area (Å²) in [4.78, 5) is 21.4. The Bertz CT molecular complexity index is 2150. The maximum absolute atomic E-state index is 6.67. The van der Waals surface area contributed by atoms with E-state index in [1.165, 1.54) is 0 Å². The Hall–Kier alpha value is -5.88. The molecule has 6 heteroatoms. The molecular weight excluding hydrogens is 542 g/mol. The number of fused-ring (bicyclic) bond motifs is 3. The molecule has 0 N–H and O–H groups in total. The first-order chi connectivity index (χ1) is 21.7. The summed E-state index contributed by atoms with van der Waals surface area (Å²) < 4.78 is 6.67. The Morgan fingerprint density at radius 3 is 1.98 bits per heavy atom. The Balaban J connectivity index is 1.41. The first-order valence-electron chi connectivity index (χ1n) is 14.6. The van der Waals surface area contributed by atoms with Crippen LogP contribution in [-0.4, -0.2) is 38.4 Å². The van der Waals surface area contributed by atoms with Crippen LogP contribution < -0.4 is 0 Å². The Kier molecular flexibility index (Phi) is 6.30. The molecule has 3 aromatic heterocycles. The molecule has 0 saturated heterocycles. The number of hydrogen-bond acceptors (Lipinski definition) is 6. The zero-order chi connectivity index (χ0) is 29.5. The van der Waals surface area contributed by atoms with Crippen LogP contribution in [0.2, 0.25) is 0 Å². The van der Waals surface area contributed by atoms with Crippen LogP contribution in [0.15, 0.2) is 138 Å². The van der Waals surface area contributed by atoms with E-state index in [1.807, 2.05) is 97.3 Å². The van der Waals surface area contributed by atoms with Gasteiger partial charge >= 0.3 is 0 Å². The highest BCUT2D eigenvalue weighted by Crippen LogP contribution is 2.42. The molecule has 0 amide bonds. The van der Waals surface area contributed by atoms with Crippen LogP contribution in [0.3, 0.4) is 0 Å². The minimum Gasteiger partial charge on any atom is -0.455 e. The van der Waals surface area contributed by atoms with E-state index < -0.39 is 0 Å². The number of allylic oxidation sites excluding steroid dienone is 2. The van der Waals surface area contributed by atoms with Crippen molar-refractivity contribution in [2.75, 3.05) is 13.6 Å². The van der Waals surface area contributed by atoms with Crippen LogP contribution in [0.5, 0.6) is 0 Å². The van der Waals surface area contributed by atoms with Gasteiger partial charge in [0.05, 0.1) is 0 Å². The highest BCUT2D eigenvalue weighted by atomic mass is 16.3. The van der Waals surface area contributed by atoms with E-state index in [0.29, 0.717) is 17.5 Å². The van der Waals surface area contributed by atoms with Crippen molar-refractivity contribution in [1.29, 1.82) is 0 Å². The number of benzene rings is 4. The van der Waals surface area contributed by atoms with Gasteiger partial charge in [0.1, 0.15) is 11.2 Å². The zero-order valence-corrected chi connectivity index (χ0v) is 24.1. The monoisotopic (exact) mass is 569 g/mol. The Morgan fingerprint density at radius 1 is 0.636 bits per heavy atom. The topological polar surface area (TPSA) is 67.9 Å². The highest BCUT2D eigenvalue weighted by Gasteiger charge is 2.21.